The molecular weight excluding hydrogens is 250 g/mol. The molecule has 2 atom stereocenters. The van der Waals surface area contributed by atoms with E-state index in [2.05, 4.69) is 39.1 Å². The molecule has 0 spiro atoms. The van der Waals surface area contributed by atoms with Gasteiger partial charge in [-0.3, -0.25) is 0 Å². The highest BCUT2D eigenvalue weighted by molar-refractivity contribution is 5.12. The van der Waals surface area contributed by atoms with E-state index in [9.17, 15) is 0 Å². The number of nitrogens with one attached hydrogen (secondary N) is 1. The summed E-state index contributed by atoms with van der Waals surface area (Å²) < 4.78 is 11.6. The highest BCUT2D eigenvalue weighted by Crippen LogP contribution is 2.27. The lowest BCUT2D eigenvalue weighted by molar-refractivity contribution is -0.0219. The van der Waals surface area contributed by atoms with Gasteiger partial charge >= 0.3 is 0 Å². The van der Waals surface area contributed by atoms with Gasteiger partial charge in [0.1, 0.15) is 12.4 Å². The first-order valence-corrected chi connectivity index (χ1v) is 7.87. The average Bonchev–Trinajstić information content (AvgIpc) is 2.83. The molecule has 114 valence electrons. The van der Waals surface area contributed by atoms with E-state index in [0.29, 0.717) is 18.6 Å². The molecule has 1 aromatic rings. The first-order chi connectivity index (χ1) is 9.44. The van der Waals surface area contributed by atoms with E-state index >= 15 is 0 Å². The van der Waals surface area contributed by atoms with E-state index in [4.69, 9.17) is 9.15 Å². The van der Waals surface area contributed by atoms with E-state index in [1.807, 2.05) is 6.26 Å². The van der Waals surface area contributed by atoms with Crippen LogP contribution in [0.3, 0.4) is 0 Å². The van der Waals surface area contributed by atoms with Crippen LogP contribution in [0.15, 0.2) is 16.7 Å². The number of rotatable bonds is 5. The highest BCUT2D eigenvalue weighted by Gasteiger charge is 2.22. The van der Waals surface area contributed by atoms with Gasteiger partial charge < -0.3 is 14.5 Å². The normalized spacial score (nSPS) is 24.0. The van der Waals surface area contributed by atoms with Gasteiger partial charge in [0, 0.05) is 17.6 Å². The molecule has 0 bridgehead atoms. The van der Waals surface area contributed by atoms with Gasteiger partial charge in [0.2, 0.25) is 0 Å². The second-order valence-corrected chi connectivity index (χ2v) is 7.14. The van der Waals surface area contributed by atoms with Crippen molar-refractivity contribution in [1.29, 1.82) is 0 Å². The summed E-state index contributed by atoms with van der Waals surface area (Å²) in [7, 11) is 0. The van der Waals surface area contributed by atoms with Crippen molar-refractivity contribution in [3.8, 4) is 0 Å². The van der Waals surface area contributed by atoms with Crippen LogP contribution in [0.2, 0.25) is 0 Å². The van der Waals surface area contributed by atoms with Crippen LogP contribution in [0.5, 0.6) is 0 Å². The molecule has 1 N–H and O–H groups in total. The van der Waals surface area contributed by atoms with Crippen molar-refractivity contribution >= 4 is 0 Å². The van der Waals surface area contributed by atoms with Crippen LogP contribution in [-0.2, 0) is 17.9 Å². The zero-order valence-corrected chi connectivity index (χ0v) is 13.4. The predicted octanol–water partition coefficient (Wildman–Crippen LogP) is 4.26. The van der Waals surface area contributed by atoms with Crippen molar-refractivity contribution in [3.63, 3.8) is 0 Å². The maximum atomic E-state index is 6.03. The maximum absolute atomic E-state index is 6.03. The molecular formula is C17H29NO2. The Kier molecular flexibility index (Phi) is 5.28. The van der Waals surface area contributed by atoms with Gasteiger partial charge in [0.05, 0.1) is 12.4 Å². The molecule has 1 fully saturated rings. The zero-order valence-electron chi connectivity index (χ0n) is 13.4. The SMILES string of the molecule is CC1CCCCC1OCc1cc(CNC(C)(C)C)co1. The Hall–Kier alpha value is -0.800. The Morgan fingerprint density at radius 3 is 2.75 bits per heavy atom. The van der Waals surface area contributed by atoms with Crippen LogP contribution < -0.4 is 5.32 Å². The molecule has 0 radical (unpaired) electrons. The molecule has 1 aliphatic rings. The lowest BCUT2D eigenvalue weighted by Crippen LogP contribution is -2.34. The predicted molar refractivity (Wildman–Crippen MR) is 81.5 cm³/mol. The molecule has 1 heterocycles. The van der Waals surface area contributed by atoms with Gasteiger partial charge in [-0.05, 0) is 45.6 Å². The molecule has 3 heteroatoms. The number of hydrogen-bond donors (Lipinski definition) is 1. The lowest BCUT2D eigenvalue weighted by atomic mass is 9.88. The first-order valence-electron chi connectivity index (χ1n) is 7.87. The van der Waals surface area contributed by atoms with Gasteiger partial charge in [-0.1, -0.05) is 19.8 Å². The molecule has 1 aromatic heterocycles. The molecule has 0 amide bonds. The van der Waals surface area contributed by atoms with Crippen molar-refractivity contribution in [3.05, 3.63) is 23.7 Å². The van der Waals surface area contributed by atoms with Crippen LogP contribution in [0.4, 0.5) is 0 Å². The minimum Gasteiger partial charge on any atom is -0.467 e. The number of hydrogen-bond acceptors (Lipinski definition) is 3. The topological polar surface area (TPSA) is 34.4 Å². The van der Waals surface area contributed by atoms with Gasteiger partial charge in [-0.25, -0.2) is 0 Å². The highest BCUT2D eigenvalue weighted by atomic mass is 16.5. The fraction of sp³-hybridized carbons (Fsp3) is 0.765. The summed E-state index contributed by atoms with van der Waals surface area (Å²) in [6, 6.07) is 2.10. The molecule has 3 nitrogen and oxygen atoms in total. The fourth-order valence-electron chi connectivity index (χ4n) is 2.68. The average molecular weight is 279 g/mol. The third kappa shape index (κ3) is 4.95. The molecule has 1 saturated carbocycles. The Labute approximate surface area is 123 Å². The van der Waals surface area contributed by atoms with Gasteiger partial charge in [-0.2, -0.15) is 0 Å². The first kappa shape index (κ1) is 15.6. The Bertz CT molecular complexity index is 405. The van der Waals surface area contributed by atoms with Gasteiger partial charge in [0.25, 0.3) is 0 Å². The standard InChI is InChI=1S/C17H29NO2/c1-13-7-5-6-8-16(13)20-12-15-9-14(11-19-15)10-18-17(2,3)4/h9,11,13,16,18H,5-8,10,12H2,1-4H3. The van der Waals surface area contributed by atoms with Crippen LogP contribution in [0, 0.1) is 5.92 Å². The van der Waals surface area contributed by atoms with Crippen molar-refractivity contribution < 1.29 is 9.15 Å². The van der Waals surface area contributed by atoms with E-state index in [1.54, 1.807) is 0 Å². The fourth-order valence-corrected chi connectivity index (χ4v) is 2.68. The molecule has 0 aromatic carbocycles. The van der Waals surface area contributed by atoms with E-state index < -0.39 is 0 Å². The number of ether oxygens (including phenoxy) is 1. The Morgan fingerprint density at radius 2 is 2.05 bits per heavy atom. The summed E-state index contributed by atoms with van der Waals surface area (Å²) in [5.41, 5.74) is 1.32. The van der Waals surface area contributed by atoms with Crippen molar-refractivity contribution in [2.75, 3.05) is 0 Å². The minimum absolute atomic E-state index is 0.130. The Morgan fingerprint density at radius 1 is 1.30 bits per heavy atom. The van der Waals surface area contributed by atoms with Crippen LogP contribution in [-0.4, -0.2) is 11.6 Å². The second-order valence-electron chi connectivity index (χ2n) is 7.14. The van der Waals surface area contributed by atoms with Gasteiger partial charge in [-0.15, -0.1) is 0 Å². The smallest absolute Gasteiger partial charge is 0.129 e. The summed E-state index contributed by atoms with van der Waals surface area (Å²) in [4.78, 5) is 0. The quantitative estimate of drug-likeness (QED) is 0.874. The zero-order chi connectivity index (χ0) is 14.6. The van der Waals surface area contributed by atoms with Crippen LogP contribution in [0.25, 0.3) is 0 Å². The van der Waals surface area contributed by atoms with Crippen LogP contribution >= 0.6 is 0 Å². The molecule has 1 aliphatic carbocycles. The summed E-state index contributed by atoms with van der Waals surface area (Å²) in [6.45, 7) is 10.2. The third-order valence-corrected chi connectivity index (χ3v) is 4.00. The van der Waals surface area contributed by atoms with Crippen molar-refractivity contribution in [2.24, 2.45) is 5.92 Å². The van der Waals surface area contributed by atoms with E-state index in [0.717, 1.165) is 12.3 Å². The summed E-state index contributed by atoms with van der Waals surface area (Å²) in [6.07, 6.45) is 7.38. The molecule has 0 saturated heterocycles. The lowest BCUT2D eigenvalue weighted by Gasteiger charge is -2.28. The third-order valence-electron chi connectivity index (χ3n) is 4.00. The maximum Gasteiger partial charge on any atom is 0.129 e. The minimum atomic E-state index is 0.130. The molecule has 0 aliphatic heterocycles. The number of furan rings is 1. The van der Waals surface area contributed by atoms with E-state index in [-0.39, 0.29) is 5.54 Å². The molecule has 20 heavy (non-hydrogen) atoms. The largest absolute Gasteiger partial charge is 0.467 e. The van der Waals surface area contributed by atoms with Gasteiger partial charge in [0.15, 0.2) is 0 Å². The van der Waals surface area contributed by atoms with Crippen molar-refractivity contribution in [2.45, 2.75) is 78.2 Å². The molecule has 2 rings (SSSR count). The summed E-state index contributed by atoms with van der Waals surface area (Å²) >= 11 is 0. The van der Waals surface area contributed by atoms with Crippen molar-refractivity contribution in [1.82, 2.24) is 5.32 Å². The molecule has 2 unspecified atom stereocenters. The van der Waals surface area contributed by atoms with E-state index in [1.165, 1.54) is 31.2 Å². The monoisotopic (exact) mass is 279 g/mol. The van der Waals surface area contributed by atoms with Crippen LogP contribution in [0.1, 0.15) is 64.7 Å². The summed E-state index contributed by atoms with van der Waals surface area (Å²) in [5, 5.41) is 3.46. The second kappa shape index (κ2) is 6.77. The Balaban J connectivity index is 1.77. The summed E-state index contributed by atoms with van der Waals surface area (Å²) in [5.74, 6) is 1.62.